The summed E-state index contributed by atoms with van der Waals surface area (Å²) in [6.07, 6.45) is 1.74. The lowest BCUT2D eigenvalue weighted by Gasteiger charge is -2.14. The molecule has 2 amide bonds. The molecule has 0 bridgehead atoms. The van der Waals surface area contributed by atoms with E-state index >= 15 is 0 Å². The third kappa shape index (κ3) is 4.57. The summed E-state index contributed by atoms with van der Waals surface area (Å²) in [6.45, 7) is 5.06. The fraction of sp³-hybridized carbons (Fsp3) is 0.333. The van der Waals surface area contributed by atoms with Gasteiger partial charge in [0.25, 0.3) is 0 Å². The van der Waals surface area contributed by atoms with Crippen LogP contribution in [-0.4, -0.2) is 33.9 Å². The molecule has 2 aromatic heterocycles. The van der Waals surface area contributed by atoms with Gasteiger partial charge in [0.15, 0.2) is 0 Å². The van der Waals surface area contributed by atoms with Crippen LogP contribution in [-0.2, 0) is 9.59 Å². The number of nitrogens with one attached hydrogen (secondary N) is 2. The Hall–Kier alpha value is -2.32. The molecule has 0 spiro atoms. The first-order chi connectivity index (χ1) is 10.9. The fourth-order valence-corrected chi connectivity index (χ4v) is 2.45. The van der Waals surface area contributed by atoms with Gasteiger partial charge in [0.05, 0.1) is 6.04 Å². The number of carbonyl (C=O) groups excluding carboxylic acids is 2. The first-order valence-electron chi connectivity index (χ1n) is 7.12. The van der Waals surface area contributed by atoms with E-state index < -0.39 is 12.1 Å². The Kier molecular flexibility index (Phi) is 5.41. The van der Waals surface area contributed by atoms with E-state index in [9.17, 15) is 9.59 Å². The summed E-state index contributed by atoms with van der Waals surface area (Å²) in [5.74, 6) is -0.285. The summed E-state index contributed by atoms with van der Waals surface area (Å²) in [7, 11) is 0. The molecular formula is C15H19N5O2S. The van der Waals surface area contributed by atoms with Gasteiger partial charge in [-0.3, -0.25) is 14.6 Å². The highest BCUT2D eigenvalue weighted by Crippen LogP contribution is 2.25. The monoisotopic (exact) mass is 333 g/mol. The second-order valence-electron chi connectivity index (χ2n) is 5.23. The van der Waals surface area contributed by atoms with Crippen molar-refractivity contribution >= 4 is 29.0 Å². The molecule has 2 atom stereocenters. The zero-order valence-electron chi connectivity index (χ0n) is 13.2. The Morgan fingerprint density at radius 2 is 2.00 bits per heavy atom. The molecule has 0 fully saturated rings. The second kappa shape index (κ2) is 7.30. The van der Waals surface area contributed by atoms with Gasteiger partial charge in [-0.15, -0.1) is 11.3 Å². The molecule has 2 heterocycles. The highest BCUT2D eigenvalue weighted by Gasteiger charge is 2.18. The highest BCUT2D eigenvalue weighted by atomic mass is 32.1. The van der Waals surface area contributed by atoms with E-state index in [1.54, 1.807) is 25.4 Å². The third-order valence-corrected chi connectivity index (χ3v) is 3.97. The normalized spacial score (nSPS) is 13.2. The van der Waals surface area contributed by atoms with E-state index in [2.05, 4.69) is 20.6 Å². The minimum Gasteiger partial charge on any atom is -0.343 e. The number of aromatic nitrogens is 2. The summed E-state index contributed by atoms with van der Waals surface area (Å²) >= 11 is 1.41. The summed E-state index contributed by atoms with van der Waals surface area (Å²) in [6, 6.07) is 2.48. The van der Waals surface area contributed by atoms with Crippen molar-refractivity contribution in [3.63, 3.8) is 0 Å². The molecule has 0 unspecified atom stereocenters. The number of pyridine rings is 1. The summed E-state index contributed by atoms with van der Waals surface area (Å²) < 4.78 is 0. The number of amides is 2. The number of hydrogen-bond donors (Lipinski definition) is 3. The molecule has 0 radical (unpaired) electrons. The van der Waals surface area contributed by atoms with Crippen molar-refractivity contribution < 1.29 is 9.59 Å². The molecule has 0 aliphatic rings. The Morgan fingerprint density at radius 3 is 2.61 bits per heavy atom. The van der Waals surface area contributed by atoms with Crippen molar-refractivity contribution in [2.45, 2.75) is 32.9 Å². The average Bonchev–Trinajstić information content (AvgIpc) is 2.96. The lowest BCUT2D eigenvalue weighted by Crippen LogP contribution is -2.47. The molecule has 0 aliphatic heterocycles. The van der Waals surface area contributed by atoms with E-state index in [1.165, 1.54) is 11.3 Å². The molecule has 0 saturated carbocycles. The van der Waals surface area contributed by atoms with Gasteiger partial charge < -0.3 is 16.4 Å². The van der Waals surface area contributed by atoms with Gasteiger partial charge in [-0.05, 0) is 32.9 Å². The second-order valence-corrected chi connectivity index (χ2v) is 6.09. The quantitative estimate of drug-likeness (QED) is 0.764. The number of aryl methyl sites for hydroxylation is 1. The smallest absolute Gasteiger partial charge is 0.247 e. The van der Waals surface area contributed by atoms with Crippen molar-refractivity contribution in [1.29, 1.82) is 0 Å². The van der Waals surface area contributed by atoms with Crippen molar-refractivity contribution in [1.82, 2.24) is 15.3 Å². The van der Waals surface area contributed by atoms with Crippen LogP contribution in [0.2, 0.25) is 0 Å². The van der Waals surface area contributed by atoms with Crippen molar-refractivity contribution in [2.24, 2.45) is 5.73 Å². The molecule has 0 aromatic carbocycles. The number of carbonyl (C=O) groups is 2. The van der Waals surface area contributed by atoms with Crippen molar-refractivity contribution in [3.8, 4) is 10.6 Å². The third-order valence-electron chi connectivity index (χ3n) is 3.08. The van der Waals surface area contributed by atoms with Crippen LogP contribution in [0, 0.1) is 6.92 Å². The van der Waals surface area contributed by atoms with E-state index in [0.29, 0.717) is 5.82 Å². The van der Waals surface area contributed by atoms with Crippen molar-refractivity contribution in [3.05, 3.63) is 29.4 Å². The lowest BCUT2D eigenvalue weighted by atomic mass is 10.2. The molecule has 122 valence electrons. The molecule has 0 saturated heterocycles. The maximum atomic E-state index is 12.0. The highest BCUT2D eigenvalue weighted by molar-refractivity contribution is 7.13. The molecule has 0 aliphatic carbocycles. The molecule has 2 aromatic rings. The predicted octanol–water partition coefficient (Wildman–Crippen LogP) is 1.30. The minimum atomic E-state index is -0.695. The first-order valence-corrected chi connectivity index (χ1v) is 8.00. The van der Waals surface area contributed by atoms with E-state index in [-0.39, 0.29) is 11.8 Å². The summed E-state index contributed by atoms with van der Waals surface area (Å²) in [5.41, 5.74) is 7.27. The molecule has 7 nitrogen and oxygen atoms in total. The number of thiazole rings is 1. The summed E-state index contributed by atoms with van der Waals surface area (Å²) in [5, 5.41) is 7.71. The van der Waals surface area contributed by atoms with E-state index in [0.717, 1.165) is 16.3 Å². The van der Waals surface area contributed by atoms with Gasteiger partial charge in [0.2, 0.25) is 11.8 Å². The number of nitrogens with two attached hydrogens (primary N) is 1. The number of hydrogen-bond acceptors (Lipinski definition) is 6. The SMILES string of the molecule is Cc1ccc(-c2nc(NC(=O)[C@H](C)NC(=O)[C@H](C)N)cs2)cn1. The average molecular weight is 333 g/mol. The Bertz CT molecular complexity index is 696. The minimum absolute atomic E-state index is 0.349. The van der Waals surface area contributed by atoms with Crippen LogP contribution in [0.15, 0.2) is 23.7 Å². The number of anilines is 1. The van der Waals surface area contributed by atoms with Crippen molar-refractivity contribution in [2.75, 3.05) is 5.32 Å². The molecule has 8 heteroatoms. The van der Waals surface area contributed by atoms with Crippen LogP contribution < -0.4 is 16.4 Å². The zero-order chi connectivity index (χ0) is 17.0. The zero-order valence-corrected chi connectivity index (χ0v) is 14.0. The van der Waals surface area contributed by atoms with Gasteiger partial charge >= 0.3 is 0 Å². The van der Waals surface area contributed by atoms with E-state index in [4.69, 9.17) is 5.73 Å². The molecule has 2 rings (SSSR count). The largest absolute Gasteiger partial charge is 0.343 e. The molecule has 23 heavy (non-hydrogen) atoms. The standard InChI is InChI=1S/C15H19N5O2S/c1-8-4-5-11(6-17-8)15-20-12(7-23-15)19-14(22)10(3)18-13(21)9(2)16/h4-7,9-10H,16H2,1-3H3,(H,18,21)(H,19,22)/t9-,10-/m0/s1. The predicted molar refractivity (Wildman–Crippen MR) is 90.0 cm³/mol. The van der Waals surface area contributed by atoms with Gasteiger partial charge in [0, 0.05) is 22.8 Å². The lowest BCUT2D eigenvalue weighted by molar-refractivity contribution is -0.126. The maximum absolute atomic E-state index is 12.0. The number of rotatable bonds is 5. The van der Waals surface area contributed by atoms with Gasteiger partial charge in [-0.2, -0.15) is 0 Å². The Morgan fingerprint density at radius 1 is 1.26 bits per heavy atom. The van der Waals surface area contributed by atoms with E-state index in [1.807, 2.05) is 19.1 Å². The Labute approximate surface area is 138 Å². The van der Waals surface area contributed by atoms with Crippen LogP contribution in [0.1, 0.15) is 19.5 Å². The maximum Gasteiger partial charge on any atom is 0.247 e. The van der Waals surface area contributed by atoms with Gasteiger partial charge in [-0.25, -0.2) is 4.98 Å². The topological polar surface area (TPSA) is 110 Å². The molecule has 4 N–H and O–H groups in total. The van der Waals surface area contributed by atoms with Crippen LogP contribution in [0.5, 0.6) is 0 Å². The Balaban J connectivity index is 1.99. The number of nitrogens with zero attached hydrogens (tertiary/aromatic N) is 2. The first kappa shape index (κ1) is 17.0. The van der Waals surface area contributed by atoms with Gasteiger partial charge in [0.1, 0.15) is 16.9 Å². The van der Waals surface area contributed by atoms with Crippen LogP contribution in [0.3, 0.4) is 0 Å². The van der Waals surface area contributed by atoms with Crippen LogP contribution in [0.4, 0.5) is 5.82 Å². The van der Waals surface area contributed by atoms with Crippen LogP contribution >= 0.6 is 11.3 Å². The van der Waals surface area contributed by atoms with Crippen LogP contribution in [0.25, 0.3) is 10.6 Å². The fourth-order valence-electron chi connectivity index (χ4n) is 1.70. The van der Waals surface area contributed by atoms with Gasteiger partial charge in [-0.1, -0.05) is 0 Å². The summed E-state index contributed by atoms with van der Waals surface area (Å²) in [4.78, 5) is 32.1. The molecular weight excluding hydrogens is 314 g/mol.